The molecule has 9 heteroatoms. The fraction of sp³-hybridized carbons (Fsp3) is 0.696. The molecule has 0 unspecified atom stereocenters. The molecule has 0 spiro atoms. The molecular weight excluding hydrogens is 444 g/mol. The Balaban J connectivity index is 1.30. The Labute approximate surface area is 195 Å². The van der Waals surface area contributed by atoms with E-state index in [2.05, 4.69) is 27.3 Å². The van der Waals surface area contributed by atoms with E-state index in [1.165, 1.54) is 12.8 Å². The summed E-state index contributed by atoms with van der Waals surface area (Å²) in [4.78, 5) is 15.4. The van der Waals surface area contributed by atoms with Crippen LogP contribution in [0.15, 0.2) is 23.1 Å². The summed E-state index contributed by atoms with van der Waals surface area (Å²) in [6, 6.07) is 5.38. The van der Waals surface area contributed by atoms with Crippen LogP contribution in [0, 0.1) is 23.7 Å². The van der Waals surface area contributed by atoms with Crippen LogP contribution in [0.2, 0.25) is 0 Å². The number of sulfonamides is 1. The Morgan fingerprint density at radius 2 is 1.88 bits per heavy atom. The maximum Gasteiger partial charge on any atom is 0.242 e. The quantitative estimate of drug-likeness (QED) is 0.676. The largest absolute Gasteiger partial charge is 0.342 e. The van der Waals surface area contributed by atoms with E-state index in [4.69, 9.17) is 0 Å². The van der Waals surface area contributed by atoms with Crippen LogP contribution in [-0.2, 0) is 14.8 Å². The van der Waals surface area contributed by atoms with Gasteiger partial charge in [0.05, 0.1) is 11.7 Å². The van der Waals surface area contributed by atoms with Gasteiger partial charge in [0.1, 0.15) is 15.9 Å². The van der Waals surface area contributed by atoms with Crippen LogP contribution in [0.25, 0.3) is 11.0 Å². The first-order valence-corrected chi connectivity index (χ1v) is 14.0. The maximum atomic E-state index is 13.2. The van der Waals surface area contributed by atoms with Crippen LogP contribution in [0.5, 0.6) is 0 Å². The minimum atomic E-state index is -3.65. The van der Waals surface area contributed by atoms with Gasteiger partial charge >= 0.3 is 0 Å². The zero-order chi connectivity index (χ0) is 22.9. The molecule has 2 aliphatic rings. The highest BCUT2D eigenvalue weighted by Gasteiger charge is 2.36. The van der Waals surface area contributed by atoms with Crippen LogP contribution in [0.3, 0.4) is 0 Å². The van der Waals surface area contributed by atoms with Gasteiger partial charge in [-0.05, 0) is 62.0 Å². The lowest BCUT2D eigenvalue weighted by atomic mass is 9.76. The zero-order valence-electron chi connectivity index (χ0n) is 19.2. The molecular formula is C23H34N4O3S2. The van der Waals surface area contributed by atoms with Crippen LogP contribution in [-0.4, -0.2) is 47.6 Å². The minimum absolute atomic E-state index is 0.0621. The molecule has 2 saturated carbocycles. The second-order valence-electron chi connectivity index (χ2n) is 9.74. The number of fused-ring (bicyclic) bond motifs is 1. The van der Waals surface area contributed by atoms with E-state index in [9.17, 15) is 13.2 Å². The van der Waals surface area contributed by atoms with Crippen molar-refractivity contribution in [3.05, 3.63) is 18.2 Å². The molecule has 2 aromatic rings. The van der Waals surface area contributed by atoms with Gasteiger partial charge in [-0.3, -0.25) is 4.79 Å². The van der Waals surface area contributed by atoms with E-state index < -0.39 is 10.0 Å². The first-order valence-electron chi connectivity index (χ1n) is 11.8. The van der Waals surface area contributed by atoms with Crippen LogP contribution >= 0.6 is 11.7 Å². The average molecular weight is 479 g/mol. The molecule has 1 heterocycles. The average Bonchev–Trinajstić information content (AvgIpc) is 3.28. The molecule has 32 heavy (non-hydrogen) atoms. The lowest BCUT2D eigenvalue weighted by molar-refractivity contribution is -0.139. The van der Waals surface area contributed by atoms with Crippen molar-refractivity contribution in [2.45, 2.75) is 69.7 Å². The molecule has 1 amide bonds. The summed E-state index contributed by atoms with van der Waals surface area (Å²) < 4.78 is 36.7. The molecule has 0 bridgehead atoms. The lowest BCUT2D eigenvalue weighted by Crippen LogP contribution is -2.47. The van der Waals surface area contributed by atoms with Gasteiger partial charge in [-0.1, -0.05) is 32.8 Å². The summed E-state index contributed by atoms with van der Waals surface area (Å²) in [6.45, 7) is 4.97. The van der Waals surface area contributed by atoms with Crippen molar-refractivity contribution in [1.29, 1.82) is 0 Å². The van der Waals surface area contributed by atoms with E-state index in [0.717, 1.165) is 43.8 Å². The molecule has 1 aromatic heterocycles. The van der Waals surface area contributed by atoms with E-state index in [1.54, 1.807) is 18.2 Å². The third-order valence-electron chi connectivity index (χ3n) is 7.81. The van der Waals surface area contributed by atoms with Crippen molar-refractivity contribution >= 4 is 38.7 Å². The highest BCUT2D eigenvalue weighted by molar-refractivity contribution is 7.89. The number of nitrogens with one attached hydrogen (secondary N) is 1. The Hall–Kier alpha value is -1.58. The van der Waals surface area contributed by atoms with Crippen molar-refractivity contribution in [1.82, 2.24) is 18.4 Å². The number of amides is 1. The van der Waals surface area contributed by atoms with E-state index in [-0.39, 0.29) is 22.6 Å². The van der Waals surface area contributed by atoms with E-state index >= 15 is 0 Å². The van der Waals surface area contributed by atoms with Gasteiger partial charge in [-0.15, -0.1) is 0 Å². The number of hydrogen-bond donors (Lipinski definition) is 1. The number of hydrogen-bond acceptors (Lipinski definition) is 6. The topological polar surface area (TPSA) is 92.3 Å². The molecule has 2 fully saturated rings. The Morgan fingerprint density at radius 3 is 2.62 bits per heavy atom. The SMILES string of the molecule is C[C@H]1[C@H](C)CCC[C@H]1N(C)C(=O)C1CCC(CNS(=O)(=O)c2cccc3nsnc23)CC1. The normalized spacial score (nSPS) is 29.2. The predicted octanol–water partition coefficient (Wildman–Crippen LogP) is 4.06. The molecule has 3 atom stereocenters. The molecule has 4 rings (SSSR count). The van der Waals surface area contributed by atoms with Crippen molar-refractivity contribution in [3.63, 3.8) is 0 Å². The smallest absolute Gasteiger partial charge is 0.242 e. The third-order valence-corrected chi connectivity index (χ3v) is 9.80. The Morgan fingerprint density at radius 1 is 1.12 bits per heavy atom. The fourth-order valence-corrected chi connectivity index (χ4v) is 7.35. The molecule has 7 nitrogen and oxygen atoms in total. The highest BCUT2D eigenvalue weighted by atomic mass is 32.2. The number of benzene rings is 1. The molecule has 1 aromatic carbocycles. The van der Waals surface area contributed by atoms with Gasteiger partial charge in [-0.25, -0.2) is 13.1 Å². The van der Waals surface area contributed by atoms with E-state index in [0.29, 0.717) is 35.5 Å². The third kappa shape index (κ3) is 4.84. The summed E-state index contributed by atoms with van der Waals surface area (Å²) >= 11 is 1.02. The summed E-state index contributed by atoms with van der Waals surface area (Å²) in [5.41, 5.74) is 1.02. The first-order chi connectivity index (χ1) is 15.3. The number of rotatable bonds is 6. The predicted molar refractivity (Wildman–Crippen MR) is 127 cm³/mol. The van der Waals surface area contributed by atoms with Crippen molar-refractivity contribution in [3.8, 4) is 0 Å². The second kappa shape index (κ2) is 9.73. The van der Waals surface area contributed by atoms with Gasteiger partial charge in [0.2, 0.25) is 15.9 Å². The molecule has 176 valence electrons. The second-order valence-corrected chi connectivity index (χ2v) is 12.0. The summed E-state index contributed by atoms with van der Waals surface area (Å²) in [5.74, 6) is 1.80. The van der Waals surface area contributed by atoms with E-state index in [1.807, 2.05) is 11.9 Å². The van der Waals surface area contributed by atoms with Crippen LogP contribution in [0.4, 0.5) is 0 Å². The van der Waals surface area contributed by atoms with Gasteiger partial charge in [0.25, 0.3) is 0 Å². The summed E-state index contributed by atoms with van der Waals surface area (Å²) in [5, 5.41) is 0. The number of aromatic nitrogens is 2. The van der Waals surface area contributed by atoms with Crippen LogP contribution < -0.4 is 4.72 Å². The zero-order valence-corrected chi connectivity index (χ0v) is 20.8. The maximum absolute atomic E-state index is 13.2. The van der Waals surface area contributed by atoms with Gasteiger partial charge in [0.15, 0.2) is 0 Å². The molecule has 0 saturated heterocycles. The molecule has 2 aliphatic carbocycles. The summed E-state index contributed by atoms with van der Waals surface area (Å²) in [7, 11) is -1.66. The van der Waals surface area contributed by atoms with Crippen molar-refractivity contribution in [2.24, 2.45) is 23.7 Å². The monoisotopic (exact) mass is 478 g/mol. The van der Waals surface area contributed by atoms with Crippen LogP contribution in [0.1, 0.15) is 58.8 Å². The Kier molecular flexibility index (Phi) is 7.17. The molecule has 0 radical (unpaired) electrons. The summed E-state index contributed by atoms with van der Waals surface area (Å²) in [6.07, 6.45) is 6.96. The Bertz CT molecular complexity index is 1050. The minimum Gasteiger partial charge on any atom is -0.342 e. The first kappa shape index (κ1) is 23.6. The number of nitrogens with zero attached hydrogens (tertiary/aromatic N) is 3. The molecule has 1 N–H and O–H groups in total. The van der Waals surface area contributed by atoms with Gasteiger partial charge in [-0.2, -0.15) is 8.75 Å². The fourth-order valence-electron chi connectivity index (χ4n) is 5.47. The van der Waals surface area contributed by atoms with Crippen molar-refractivity contribution < 1.29 is 13.2 Å². The van der Waals surface area contributed by atoms with Gasteiger partial charge < -0.3 is 4.90 Å². The number of carbonyl (C=O) groups excluding carboxylic acids is 1. The highest BCUT2D eigenvalue weighted by Crippen LogP contribution is 2.35. The molecule has 0 aliphatic heterocycles. The lowest BCUT2D eigenvalue weighted by Gasteiger charge is -2.41. The standard InChI is InChI=1S/C23H34N4O3S2/c1-15-6-4-8-20(16(15)2)27(3)23(28)18-12-10-17(11-13-18)14-24-32(29,30)21-9-5-7-19-22(21)26-31-25-19/h5,7,9,15-18,20,24H,4,6,8,10-14H2,1-3H3/t15-,16+,17?,18?,20-/m1/s1. The van der Waals surface area contributed by atoms with Crippen molar-refractivity contribution in [2.75, 3.05) is 13.6 Å². The number of carbonyl (C=O) groups is 1. The van der Waals surface area contributed by atoms with Gasteiger partial charge in [0, 0.05) is 25.6 Å².